The first kappa shape index (κ1) is 24.8. The predicted molar refractivity (Wildman–Crippen MR) is 145 cm³/mol. The van der Waals surface area contributed by atoms with Gasteiger partial charge in [0.1, 0.15) is 11.3 Å². The number of likely N-dealkylation sites (tertiary alicyclic amines) is 1. The number of rotatable bonds is 5. The Morgan fingerprint density at radius 1 is 0.895 bits per heavy atom. The summed E-state index contributed by atoms with van der Waals surface area (Å²) in [5.74, 6) is 0.901. The molecule has 2 aromatic heterocycles. The van der Waals surface area contributed by atoms with Crippen LogP contribution in [0.25, 0.3) is 11.0 Å². The van der Waals surface area contributed by atoms with Gasteiger partial charge in [-0.3, -0.25) is 9.78 Å². The number of nitrogens with one attached hydrogen (secondary N) is 1. The number of hydrogen-bond donors (Lipinski definition) is 1. The highest BCUT2D eigenvalue weighted by molar-refractivity contribution is 7.89. The number of piperidine rings is 2. The van der Waals surface area contributed by atoms with Gasteiger partial charge < -0.3 is 9.88 Å². The quantitative estimate of drug-likeness (QED) is 0.410. The van der Waals surface area contributed by atoms with E-state index >= 15 is 0 Å². The van der Waals surface area contributed by atoms with Gasteiger partial charge in [0.05, 0.1) is 28.6 Å². The van der Waals surface area contributed by atoms with Crippen molar-refractivity contribution in [3.8, 4) is 0 Å². The smallest absolute Gasteiger partial charge is 0.243 e. The molecule has 4 aromatic rings. The molecule has 4 heterocycles. The number of carbonyl (C=O) groups excluding carboxylic acids is 1. The lowest BCUT2D eigenvalue weighted by atomic mass is 9.89. The van der Waals surface area contributed by atoms with Crippen molar-refractivity contribution < 1.29 is 13.2 Å². The van der Waals surface area contributed by atoms with Gasteiger partial charge in [-0.2, -0.15) is 4.31 Å². The topological polar surface area (TPSA) is 99.3 Å². The number of fused-ring (bicyclic) bond motifs is 1. The molecule has 1 N–H and O–H groups in total. The fourth-order valence-electron chi connectivity index (χ4n) is 5.84. The molecule has 2 atom stereocenters. The number of carbonyl (C=O) groups is 1. The van der Waals surface area contributed by atoms with Gasteiger partial charge in [0.25, 0.3) is 0 Å². The maximum atomic E-state index is 13.8. The second kappa shape index (κ2) is 10.3. The average molecular weight is 530 g/mol. The molecule has 8 nitrogen and oxygen atoms in total. The molecule has 0 spiro atoms. The van der Waals surface area contributed by atoms with Crippen LogP contribution in [0.15, 0.2) is 84.0 Å². The second-order valence-corrected chi connectivity index (χ2v) is 12.1. The Bertz CT molecular complexity index is 1480. The fourth-order valence-corrected chi connectivity index (χ4v) is 7.55. The van der Waals surface area contributed by atoms with Crippen molar-refractivity contribution >= 4 is 27.0 Å². The third-order valence-electron chi connectivity index (χ3n) is 7.92. The third kappa shape index (κ3) is 4.72. The molecule has 0 unspecified atom stereocenters. The van der Waals surface area contributed by atoms with Gasteiger partial charge in [0.2, 0.25) is 15.9 Å². The van der Waals surface area contributed by atoms with Crippen LogP contribution >= 0.6 is 0 Å². The van der Waals surface area contributed by atoms with Crippen molar-refractivity contribution in [1.82, 2.24) is 24.2 Å². The molecular formula is C29H31N5O3S. The molecule has 2 saturated heterocycles. The zero-order chi connectivity index (χ0) is 26.1. The van der Waals surface area contributed by atoms with Gasteiger partial charge in [-0.15, -0.1) is 0 Å². The van der Waals surface area contributed by atoms with E-state index in [1.54, 1.807) is 41.0 Å². The van der Waals surface area contributed by atoms with E-state index in [0.29, 0.717) is 25.9 Å². The standard InChI is InChI=1S/C29H31N5O3S/c35-29(33-17-14-22(15-18-33)28-31-25-13-16-30-19-26(25)32-28)23-11-12-27(21-7-3-1-4-8-21)34(20-23)38(36,37)24-9-5-2-6-10-24/h1-10,13,16,19,22-23,27H,11-12,14-15,17-18,20H2,(H,31,32)/t23-,27-/m1/s1. The number of H-pyrrole nitrogens is 1. The predicted octanol–water partition coefficient (Wildman–Crippen LogP) is 4.51. The van der Waals surface area contributed by atoms with Crippen LogP contribution < -0.4 is 0 Å². The van der Waals surface area contributed by atoms with Crippen LogP contribution in [-0.4, -0.2) is 58.1 Å². The molecule has 0 saturated carbocycles. The fraction of sp³-hybridized carbons (Fsp3) is 0.345. The van der Waals surface area contributed by atoms with E-state index in [9.17, 15) is 13.2 Å². The van der Waals surface area contributed by atoms with Crippen molar-refractivity contribution in [2.75, 3.05) is 19.6 Å². The van der Waals surface area contributed by atoms with Crippen molar-refractivity contribution in [2.45, 2.75) is 42.5 Å². The number of aromatic amines is 1. The molecule has 2 aliphatic heterocycles. The van der Waals surface area contributed by atoms with E-state index in [2.05, 4.69) is 9.97 Å². The normalized spacial score (nSPS) is 21.5. The average Bonchev–Trinajstić information content (AvgIpc) is 3.42. The highest BCUT2D eigenvalue weighted by atomic mass is 32.2. The largest absolute Gasteiger partial charge is 0.342 e. The minimum atomic E-state index is -3.77. The van der Waals surface area contributed by atoms with Crippen molar-refractivity contribution in [3.63, 3.8) is 0 Å². The molecule has 38 heavy (non-hydrogen) atoms. The van der Waals surface area contributed by atoms with E-state index < -0.39 is 10.0 Å². The number of sulfonamides is 1. The summed E-state index contributed by atoms with van der Waals surface area (Å²) in [6.07, 6.45) is 6.43. The zero-order valence-electron chi connectivity index (χ0n) is 21.1. The van der Waals surface area contributed by atoms with Gasteiger partial charge in [-0.1, -0.05) is 48.5 Å². The highest BCUT2D eigenvalue weighted by Gasteiger charge is 2.41. The number of amides is 1. The van der Waals surface area contributed by atoms with E-state index in [1.165, 1.54) is 0 Å². The third-order valence-corrected chi connectivity index (χ3v) is 9.81. The number of hydrogen-bond acceptors (Lipinski definition) is 5. The lowest BCUT2D eigenvalue weighted by Crippen LogP contribution is -2.49. The van der Waals surface area contributed by atoms with Crippen LogP contribution in [0.2, 0.25) is 0 Å². The van der Waals surface area contributed by atoms with Crippen LogP contribution in [0.3, 0.4) is 0 Å². The Morgan fingerprint density at radius 2 is 1.61 bits per heavy atom. The summed E-state index contributed by atoms with van der Waals surface area (Å²) in [4.78, 5) is 28.1. The SMILES string of the molecule is O=C([C@@H]1CC[C@H](c2ccccc2)N(S(=O)(=O)c2ccccc2)C1)N1CCC(c2nc3cnccc3[nH]2)CC1. The summed E-state index contributed by atoms with van der Waals surface area (Å²) in [5, 5.41) is 0. The maximum absolute atomic E-state index is 13.8. The Hall–Kier alpha value is -3.56. The first-order valence-electron chi connectivity index (χ1n) is 13.2. The lowest BCUT2D eigenvalue weighted by molar-refractivity contribution is -0.138. The van der Waals surface area contributed by atoms with Crippen LogP contribution in [0.1, 0.15) is 49.0 Å². The molecule has 196 valence electrons. The van der Waals surface area contributed by atoms with Crippen molar-refractivity contribution in [3.05, 3.63) is 90.5 Å². The summed E-state index contributed by atoms with van der Waals surface area (Å²) in [6, 6.07) is 19.9. The van der Waals surface area contributed by atoms with Gasteiger partial charge in [0.15, 0.2) is 0 Å². The molecule has 1 amide bonds. The van der Waals surface area contributed by atoms with E-state index in [0.717, 1.165) is 35.3 Å². The minimum absolute atomic E-state index is 0.0528. The Balaban J connectivity index is 1.18. The van der Waals surface area contributed by atoms with E-state index in [-0.39, 0.29) is 35.2 Å². The number of imidazole rings is 1. The summed E-state index contributed by atoms with van der Waals surface area (Å²) in [7, 11) is -3.77. The summed E-state index contributed by atoms with van der Waals surface area (Å²) < 4.78 is 29.1. The first-order valence-corrected chi connectivity index (χ1v) is 14.6. The molecule has 0 radical (unpaired) electrons. The minimum Gasteiger partial charge on any atom is -0.342 e. The van der Waals surface area contributed by atoms with Crippen molar-refractivity contribution in [1.29, 1.82) is 0 Å². The Morgan fingerprint density at radius 3 is 2.32 bits per heavy atom. The molecule has 2 aliphatic rings. The Labute approximate surface area is 222 Å². The van der Waals surface area contributed by atoms with E-state index in [1.807, 2.05) is 47.4 Å². The molecule has 2 fully saturated rings. The number of benzene rings is 2. The van der Waals surface area contributed by atoms with E-state index in [4.69, 9.17) is 4.98 Å². The van der Waals surface area contributed by atoms with Gasteiger partial charge >= 0.3 is 0 Å². The second-order valence-electron chi connectivity index (χ2n) is 10.2. The van der Waals surface area contributed by atoms with Crippen LogP contribution in [0.4, 0.5) is 0 Å². The molecule has 2 aromatic carbocycles. The van der Waals surface area contributed by atoms with Crippen molar-refractivity contribution in [2.24, 2.45) is 5.92 Å². The van der Waals surface area contributed by atoms with Gasteiger partial charge in [0, 0.05) is 31.7 Å². The highest BCUT2D eigenvalue weighted by Crippen LogP contribution is 2.38. The Kier molecular flexibility index (Phi) is 6.71. The van der Waals surface area contributed by atoms with Crippen LogP contribution in [0, 0.1) is 5.92 Å². The molecule has 0 bridgehead atoms. The van der Waals surface area contributed by atoms with Gasteiger partial charge in [-0.25, -0.2) is 13.4 Å². The van der Waals surface area contributed by atoms with Crippen LogP contribution in [0.5, 0.6) is 0 Å². The van der Waals surface area contributed by atoms with Gasteiger partial charge in [-0.05, 0) is 49.4 Å². The summed E-state index contributed by atoms with van der Waals surface area (Å²) in [6.45, 7) is 1.47. The number of pyridine rings is 1. The summed E-state index contributed by atoms with van der Waals surface area (Å²) >= 11 is 0. The number of nitrogens with zero attached hydrogens (tertiary/aromatic N) is 4. The lowest BCUT2D eigenvalue weighted by Gasteiger charge is -2.41. The molecule has 0 aliphatic carbocycles. The summed E-state index contributed by atoms with van der Waals surface area (Å²) in [5.41, 5.74) is 2.79. The zero-order valence-corrected chi connectivity index (χ0v) is 21.9. The molecular weight excluding hydrogens is 498 g/mol. The molecule has 9 heteroatoms. The van der Waals surface area contributed by atoms with Crippen LogP contribution in [-0.2, 0) is 14.8 Å². The number of aromatic nitrogens is 3. The maximum Gasteiger partial charge on any atom is 0.243 e. The monoisotopic (exact) mass is 529 g/mol. The first-order chi connectivity index (χ1) is 18.5. The molecule has 6 rings (SSSR count).